The van der Waals surface area contributed by atoms with Gasteiger partial charge in [-0.15, -0.1) is 0 Å². The number of benzene rings is 1. The standard InChI is InChI=1S/C16H22N4O3/c21-13-16(19-11-9-17-7-8-18-10-12-19)6-3-14-1-4-15(5-2-14)20(22)23/h1-6,13,16-18H,7-12H2/b6-3+. The molecule has 0 radical (unpaired) electrons. The molecule has 1 heterocycles. The third-order valence-electron chi connectivity index (χ3n) is 3.78. The Morgan fingerprint density at radius 1 is 1.09 bits per heavy atom. The zero-order valence-corrected chi connectivity index (χ0v) is 13.0. The van der Waals surface area contributed by atoms with Gasteiger partial charge in [0.05, 0.1) is 11.0 Å². The Kier molecular flexibility index (Phi) is 6.86. The highest BCUT2D eigenvalue weighted by Gasteiger charge is 2.15. The maximum Gasteiger partial charge on any atom is 0.269 e. The Morgan fingerprint density at radius 2 is 1.70 bits per heavy atom. The van der Waals surface area contributed by atoms with Crippen molar-refractivity contribution in [3.63, 3.8) is 0 Å². The molecular weight excluding hydrogens is 296 g/mol. The lowest BCUT2D eigenvalue weighted by Crippen LogP contribution is -2.41. The quantitative estimate of drug-likeness (QED) is 0.471. The van der Waals surface area contributed by atoms with E-state index in [0.717, 1.165) is 51.1 Å². The fourth-order valence-corrected chi connectivity index (χ4v) is 2.45. The molecule has 1 atom stereocenters. The summed E-state index contributed by atoms with van der Waals surface area (Å²) in [7, 11) is 0. The van der Waals surface area contributed by atoms with E-state index in [1.54, 1.807) is 12.1 Å². The maximum absolute atomic E-state index is 11.4. The van der Waals surface area contributed by atoms with Crippen molar-refractivity contribution in [3.8, 4) is 0 Å². The van der Waals surface area contributed by atoms with Crippen molar-refractivity contribution in [1.29, 1.82) is 0 Å². The van der Waals surface area contributed by atoms with Crippen molar-refractivity contribution in [1.82, 2.24) is 15.5 Å². The minimum Gasteiger partial charge on any atom is -0.314 e. The van der Waals surface area contributed by atoms with Crippen molar-refractivity contribution in [2.24, 2.45) is 0 Å². The maximum atomic E-state index is 11.4. The summed E-state index contributed by atoms with van der Waals surface area (Å²) in [6.07, 6.45) is 4.60. The van der Waals surface area contributed by atoms with Crippen LogP contribution in [0.15, 0.2) is 30.3 Å². The molecule has 7 nitrogen and oxygen atoms in total. The fourth-order valence-electron chi connectivity index (χ4n) is 2.45. The molecule has 23 heavy (non-hydrogen) atoms. The van der Waals surface area contributed by atoms with Gasteiger partial charge in [-0.3, -0.25) is 15.0 Å². The first kappa shape index (κ1) is 17.3. The number of hydrogen-bond acceptors (Lipinski definition) is 6. The first-order valence-corrected chi connectivity index (χ1v) is 7.74. The number of aldehydes is 1. The van der Waals surface area contributed by atoms with Gasteiger partial charge in [-0.1, -0.05) is 12.2 Å². The third-order valence-corrected chi connectivity index (χ3v) is 3.78. The van der Waals surface area contributed by atoms with Gasteiger partial charge in [-0.2, -0.15) is 0 Å². The molecule has 1 fully saturated rings. The smallest absolute Gasteiger partial charge is 0.269 e. The van der Waals surface area contributed by atoms with Gasteiger partial charge >= 0.3 is 0 Å². The van der Waals surface area contributed by atoms with Crippen molar-refractivity contribution < 1.29 is 9.72 Å². The van der Waals surface area contributed by atoms with Crippen LogP contribution >= 0.6 is 0 Å². The lowest BCUT2D eigenvalue weighted by molar-refractivity contribution is -0.384. The molecule has 1 unspecified atom stereocenters. The van der Waals surface area contributed by atoms with Crippen LogP contribution in [0, 0.1) is 10.1 Å². The largest absolute Gasteiger partial charge is 0.314 e. The van der Waals surface area contributed by atoms with E-state index in [4.69, 9.17) is 0 Å². The van der Waals surface area contributed by atoms with Gasteiger partial charge < -0.3 is 15.4 Å². The molecule has 1 aromatic carbocycles. The van der Waals surface area contributed by atoms with Crippen LogP contribution in [0.25, 0.3) is 6.08 Å². The predicted molar refractivity (Wildman–Crippen MR) is 89.3 cm³/mol. The van der Waals surface area contributed by atoms with E-state index >= 15 is 0 Å². The summed E-state index contributed by atoms with van der Waals surface area (Å²) >= 11 is 0. The van der Waals surface area contributed by atoms with Crippen LogP contribution in [0.2, 0.25) is 0 Å². The number of non-ortho nitro benzene ring substituents is 1. The van der Waals surface area contributed by atoms with Crippen molar-refractivity contribution >= 4 is 18.0 Å². The molecule has 7 heteroatoms. The predicted octanol–water partition coefficient (Wildman–Crippen LogP) is 0.670. The highest BCUT2D eigenvalue weighted by atomic mass is 16.6. The van der Waals surface area contributed by atoms with Gasteiger partial charge in [0.1, 0.15) is 6.29 Å². The zero-order valence-electron chi connectivity index (χ0n) is 13.0. The van der Waals surface area contributed by atoms with Crippen LogP contribution in [-0.4, -0.2) is 61.4 Å². The van der Waals surface area contributed by atoms with E-state index in [2.05, 4.69) is 15.5 Å². The Hall–Kier alpha value is -2.09. The molecule has 0 spiro atoms. The summed E-state index contributed by atoms with van der Waals surface area (Å²) in [6.45, 7) is 5.15. The van der Waals surface area contributed by atoms with Crippen molar-refractivity contribution in [2.45, 2.75) is 6.04 Å². The number of nitrogens with zero attached hydrogens (tertiary/aromatic N) is 2. The molecule has 2 N–H and O–H groups in total. The molecular formula is C16H22N4O3. The minimum absolute atomic E-state index is 0.0613. The molecule has 2 rings (SSSR count). The van der Waals surface area contributed by atoms with E-state index in [9.17, 15) is 14.9 Å². The summed E-state index contributed by atoms with van der Waals surface area (Å²) in [5.74, 6) is 0. The van der Waals surface area contributed by atoms with Crippen molar-refractivity contribution in [2.75, 3.05) is 39.3 Å². The first-order valence-electron chi connectivity index (χ1n) is 7.74. The number of carbonyl (C=O) groups is 1. The van der Waals surface area contributed by atoms with Gasteiger partial charge in [0.2, 0.25) is 0 Å². The Balaban J connectivity index is 2.01. The molecule has 1 aliphatic heterocycles. The van der Waals surface area contributed by atoms with E-state index in [0.29, 0.717) is 0 Å². The third kappa shape index (κ3) is 5.55. The first-order chi connectivity index (χ1) is 11.2. The average Bonchev–Trinajstić information content (AvgIpc) is 2.70. The molecule has 0 bridgehead atoms. The highest BCUT2D eigenvalue weighted by molar-refractivity contribution is 5.65. The molecule has 1 aromatic rings. The number of rotatable bonds is 5. The van der Waals surface area contributed by atoms with Crippen LogP contribution in [-0.2, 0) is 4.79 Å². The van der Waals surface area contributed by atoms with E-state index in [1.807, 2.05) is 12.2 Å². The van der Waals surface area contributed by atoms with Crippen LogP contribution in [0.3, 0.4) is 0 Å². The molecule has 0 aliphatic carbocycles. The minimum atomic E-state index is -0.426. The second-order valence-corrected chi connectivity index (χ2v) is 5.37. The summed E-state index contributed by atoms with van der Waals surface area (Å²) < 4.78 is 0. The van der Waals surface area contributed by atoms with Gasteiger partial charge in [-0.25, -0.2) is 0 Å². The number of nitro groups is 1. The van der Waals surface area contributed by atoms with Crippen LogP contribution < -0.4 is 10.6 Å². The normalized spacial score (nSPS) is 18.8. The van der Waals surface area contributed by atoms with Gasteiger partial charge in [0.15, 0.2) is 0 Å². The summed E-state index contributed by atoms with van der Waals surface area (Å²) in [5, 5.41) is 17.3. The van der Waals surface area contributed by atoms with Gasteiger partial charge in [0.25, 0.3) is 5.69 Å². The average molecular weight is 318 g/mol. The summed E-state index contributed by atoms with van der Waals surface area (Å²) in [4.78, 5) is 23.8. The number of nitro benzene ring substituents is 1. The lowest BCUT2D eigenvalue weighted by Gasteiger charge is -2.25. The lowest BCUT2D eigenvalue weighted by atomic mass is 10.1. The van der Waals surface area contributed by atoms with Gasteiger partial charge in [0, 0.05) is 51.4 Å². The molecule has 0 saturated carbocycles. The zero-order chi connectivity index (χ0) is 16.5. The molecule has 0 amide bonds. The number of carbonyl (C=O) groups excluding carboxylic acids is 1. The molecule has 0 aromatic heterocycles. The molecule has 124 valence electrons. The topological polar surface area (TPSA) is 87.5 Å². The summed E-state index contributed by atoms with van der Waals surface area (Å²) in [6, 6.07) is 5.98. The van der Waals surface area contributed by atoms with Crippen molar-refractivity contribution in [3.05, 3.63) is 46.0 Å². The Morgan fingerprint density at radius 3 is 2.22 bits per heavy atom. The van der Waals surface area contributed by atoms with Crippen LogP contribution in [0.5, 0.6) is 0 Å². The van der Waals surface area contributed by atoms with E-state index < -0.39 is 4.92 Å². The molecule has 1 aliphatic rings. The monoisotopic (exact) mass is 318 g/mol. The summed E-state index contributed by atoms with van der Waals surface area (Å²) in [5.41, 5.74) is 0.897. The Bertz CT molecular complexity index is 535. The SMILES string of the molecule is O=CC(/C=C/c1ccc([N+](=O)[O-])cc1)N1CCNCCNCC1. The highest BCUT2D eigenvalue weighted by Crippen LogP contribution is 2.13. The number of hydrogen-bond donors (Lipinski definition) is 2. The van der Waals surface area contributed by atoms with E-state index in [1.165, 1.54) is 12.1 Å². The number of nitrogens with one attached hydrogen (secondary N) is 2. The molecule has 1 saturated heterocycles. The van der Waals surface area contributed by atoms with E-state index in [-0.39, 0.29) is 11.7 Å². The Labute approximate surface area is 135 Å². The second kappa shape index (κ2) is 9.14. The fraction of sp³-hybridized carbons (Fsp3) is 0.438. The van der Waals surface area contributed by atoms with Gasteiger partial charge in [-0.05, 0) is 17.7 Å². The van der Waals surface area contributed by atoms with Crippen LogP contribution in [0.4, 0.5) is 5.69 Å². The van der Waals surface area contributed by atoms with Crippen LogP contribution in [0.1, 0.15) is 5.56 Å². The second-order valence-electron chi connectivity index (χ2n) is 5.37.